The maximum atomic E-state index is 11.7. The first-order valence-electron chi connectivity index (χ1n) is 8.55. The van der Waals surface area contributed by atoms with Gasteiger partial charge in [0.25, 0.3) is 11.2 Å². The predicted molar refractivity (Wildman–Crippen MR) is 106 cm³/mol. The van der Waals surface area contributed by atoms with Crippen molar-refractivity contribution in [1.82, 2.24) is 19.5 Å². The number of nitrogens with one attached hydrogen (secondary N) is 1. The first-order chi connectivity index (χ1) is 13.8. The molecule has 3 aromatic rings. The lowest BCUT2D eigenvalue weighted by molar-refractivity contribution is -0.384. The summed E-state index contributed by atoms with van der Waals surface area (Å²) in [6.45, 7) is 1.38. The summed E-state index contributed by atoms with van der Waals surface area (Å²) in [4.78, 5) is 31.8. The van der Waals surface area contributed by atoms with Crippen LogP contribution in [0.1, 0.15) is 6.92 Å². The van der Waals surface area contributed by atoms with Gasteiger partial charge in [0.1, 0.15) is 6.10 Å². The number of imidazole rings is 1. The number of nitro groups is 1. The molecule has 0 spiro atoms. The summed E-state index contributed by atoms with van der Waals surface area (Å²) in [6.07, 6.45) is 1.01. The van der Waals surface area contributed by atoms with Crippen molar-refractivity contribution in [1.29, 1.82) is 0 Å². The normalized spacial score (nSPS) is 26.1. The molecule has 1 saturated heterocycles. The van der Waals surface area contributed by atoms with E-state index in [2.05, 4.69) is 27.6 Å². The summed E-state index contributed by atoms with van der Waals surface area (Å²) in [5.41, 5.74) is -0.769. The molecule has 1 aliphatic heterocycles. The molecule has 1 aliphatic rings. The molecule has 4 rings (SSSR count). The highest BCUT2D eigenvalue weighted by molar-refractivity contribution is 7.81. The highest BCUT2D eigenvalue weighted by Crippen LogP contribution is 2.39. The van der Waals surface area contributed by atoms with E-state index in [1.807, 2.05) is 0 Å². The van der Waals surface area contributed by atoms with Crippen LogP contribution in [0.15, 0.2) is 47.8 Å². The number of aromatic nitrogens is 4. The van der Waals surface area contributed by atoms with Gasteiger partial charge < -0.3 is 19.9 Å². The fourth-order valence-electron chi connectivity index (χ4n) is 3.03. The number of H-pyrrole nitrogens is 1. The van der Waals surface area contributed by atoms with E-state index in [1.165, 1.54) is 24.8 Å². The smallest absolute Gasteiger partial charge is 0.278 e. The summed E-state index contributed by atoms with van der Waals surface area (Å²) in [6, 6.07) is 7.93. The lowest BCUT2D eigenvalue weighted by atomic mass is 10.1. The second-order valence-corrected chi connectivity index (χ2v) is 7.00. The quantitative estimate of drug-likeness (QED) is 0.270. The number of aliphatic hydroxyl groups is 2. The van der Waals surface area contributed by atoms with Crippen LogP contribution in [0.3, 0.4) is 0 Å². The van der Waals surface area contributed by atoms with Gasteiger partial charge in [0.2, 0.25) is 0 Å². The predicted octanol–water partition coefficient (Wildman–Crippen LogP) is 0.438. The van der Waals surface area contributed by atoms with Gasteiger partial charge in [0.15, 0.2) is 16.9 Å². The summed E-state index contributed by atoms with van der Waals surface area (Å²) >= 11 is 4.37. The molecule has 1 fully saturated rings. The van der Waals surface area contributed by atoms with Crippen LogP contribution in [0.5, 0.6) is 0 Å². The number of hydrogen-bond donors (Lipinski definition) is 4. The molecule has 12 heteroatoms. The van der Waals surface area contributed by atoms with Crippen molar-refractivity contribution in [2.45, 2.75) is 30.1 Å². The van der Waals surface area contributed by atoms with Gasteiger partial charge >= 0.3 is 0 Å². The van der Waals surface area contributed by atoms with Gasteiger partial charge in [-0.1, -0.05) is 18.2 Å². The third kappa shape index (κ3) is 3.87. The summed E-state index contributed by atoms with van der Waals surface area (Å²) in [5.74, 6) is 0. The highest BCUT2D eigenvalue weighted by Gasteiger charge is 2.51. The minimum Gasteiger partial charge on any atom is -0.394 e. The van der Waals surface area contributed by atoms with Crippen molar-refractivity contribution in [3.05, 3.63) is 63.5 Å². The van der Waals surface area contributed by atoms with Gasteiger partial charge in [-0.25, -0.2) is 9.97 Å². The number of hydrogen-bond acceptors (Lipinski definition) is 9. The van der Waals surface area contributed by atoms with E-state index in [-0.39, 0.29) is 23.4 Å². The topological polar surface area (TPSA) is 156 Å². The average Bonchev–Trinajstić information content (AvgIpc) is 3.26. The van der Waals surface area contributed by atoms with Crippen LogP contribution in [0.4, 0.5) is 5.69 Å². The number of nitro benzene ring substituents is 1. The highest BCUT2D eigenvalue weighted by atomic mass is 32.1. The van der Waals surface area contributed by atoms with Crippen LogP contribution < -0.4 is 5.56 Å². The molecule has 0 unspecified atom stereocenters. The standard InChI is InChI=1S/C11H14N4O4S.C6H5NO2/c1-11(8(20)7(17)5(2-16)19-11)15-4-14-6-9(15)12-3-13-10(6)18;8-7(9)6-4-2-1-3-5-6/h3-5,7-8,16-17,20H,2H2,1H3,(H,12,13,18);1-5H/t5-,7-,8-,11-;/m1./s1. The second-order valence-electron chi connectivity index (χ2n) is 6.44. The van der Waals surface area contributed by atoms with Gasteiger partial charge in [0.05, 0.1) is 35.5 Å². The van der Waals surface area contributed by atoms with Crippen LogP contribution in [0.25, 0.3) is 11.2 Å². The van der Waals surface area contributed by atoms with Crippen molar-refractivity contribution < 1.29 is 19.9 Å². The first kappa shape index (κ1) is 20.9. The monoisotopic (exact) mass is 421 g/mol. The second kappa shape index (κ2) is 8.29. The molecule has 2 aromatic heterocycles. The molecule has 1 aromatic carbocycles. The third-order valence-corrected chi connectivity index (χ3v) is 5.39. The molecule has 29 heavy (non-hydrogen) atoms. The Morgan fingerprint density at radius 2 is 2.07 bits per heavy atom. The minimum atomic E-state index is -1.06. The zero-order valence-corrected chi connectivity index (χ0v) is 16.1. The molecule has 0 saturated carbocycles. The number of fused-ring (bicyclic) bond motifs is 1. The molecular formula is C17H19N5O6S. The SMILES string of the molecule is C[C@@]1(n2cnc3c(=O)[nH]cnc32)O[C@H](CO)[C@@H](O)[C@H]1S.O=[N+]([O-])c1ccccc1. The fraction of sp³-hybridized carbons (Fsp3) is 0.353. The van der Waals surface area contributed by atoms with E-state index >= 15 is 0 Å². The Morgan fingerprint density at radius 3 is 2.62 bits per heavy atom. The van der Waals surface area contributed by atoms with E-state index in [4.69, 9.17) is 4.74 Å². The van der Waals surface area contributed by atoms with E-state index in [9.17, 15) is 25.1 Å². The van der Waals surface area contributed by atoms with Crippen molar-refractivity contribution in [3.63, 3.8) is 0 Å². The van der Waals surface area contributed by atoms with Crippen molar-refractivity contribution in [3.8, 4) is 0 Å². The van der Waals surface area contributed by atoms with E-state index in [1.54, 1.807) is 29.7 Å². The molecule has 154 valence electrons. The Labute approximate surface area is 169 Å². The van der Waals surface area contributed by atoms with Crippen LogP contribution in [-0.4, -0.2) is 58.7 Å². The van der Waals surface area contributed by atoms with Gasteiger partial charge in [-0.3, -0.25) is 19.5 Å². The van der Waals surface area contributed by atoms with Crippen LogP contribution in [0.2, 0.25) is 0 Å². The number of aromatic amines is 1. The molecule has 0 aliphatic carbocycles. The molecule has 0 amide bonds. The zero-order chi connectivity index (χ0) is 21.2. The van der Waals surface area contributed by atoms with Crippen LogP contribution in [0, 0.1) is 10.1 Å². The number of rotatable bonds is 3. The lowest BCUT2D eigenvalue weighted by Gasteiger charge is -2.29. The average molecular weight is 421 g/mol. The lowest BCUT2D eigenvalue weighted by Crippen LogP contribution is -2.39. The van der Waals surface area contributed by atoms with Gasteiger partial charge in [0, 0.05) is 12.1 Å². The number of aliphatic hydroxyl groups excluding tert-OH is 2. The summed E-state index contributed by atoms with van der Waals surface area (Å²) < 4.78 is 7.26. The number of nitrogens with zero attached hydrogens (tertiary/aromatic N) is 4. The number of thiol groups is 1. The molecule has 3 N–H and O–H groups in total. The maximum absolute atomic E-state index is 11.7. The van der Waals surface area contributed by atoms with E-state index < -0.39 is 28.1 Å². The number of benzene rings is 1. The number of para-hydroxylation sites is 1. The van der Waals surface area contributed by atoms with Gasteiger partial charge in [-0.2, -0.15) is 12.6 Å². The van der Waals surface area contributed by atoms with Crippen molar-refractivity contribution in [2.75, 3.05) is 6.61 Å². The molecule has 3 heterocycles. The summed E-state index contributed by atoms with van der Waals surface area (Å²) in [5, 5.41) is 28.7. The third-order valence-electron chi connectivity index (χ3n) is 4.61. The molecule has 0 radical (unpaired) electrons. The zero-order valence-electron chi connectivity index (χ0n) is 15.2. The Morgan fingerprint density at radius 1 is 1.38 bits per heavy atom. The van der Waals surface area contributed by atoms with Gasteiger partial charge in [-0.15, -0.1) is 0 Å². The molecule has 4 atom stereocenters. The first-order valence-corrected chi connectivity index (χ1v) is 9.06. The molecule has 11 nitrogen and oxygen atoms in total. The Kier molecular flexibility index (Phi) is 5.98. The molecular weight excluding hydrogens is 402 g/mol. The van der Waals surface area contributed by atoms with Crippen LogP contribution >= 0.6 is 12.6 Å². The van der Waals surface area contributed by atoms with Gasteiger partial charge in [-0.05, 0) is 6.92 Å². The molecule has 0 bridgehead atoms. The van der Waals surface area contributed by atoms with E-state index in [0.29, 0.717) is 5.65 Å². The van der Waals surface area contributed by atoms with E-state index in [0.717, 1.165) is 0 Å². The largest absolute Gasteiger partial charge is 0.394 e. The van der Waals surface area contributed by atoms with Crippen molar-refractivity contribution in [2.24, 2.45) is 0 Å². The number of ether oxygens (including phenoxy) is 1. The Bertz CT molecular complexity index is 1060. The summed E-state index contributed by atoms with van der Waals surface area (Å²) in [7, 11) is 0. The fourth-order valence-corrected chi connectivity index (χ4v) is 3.41. The Balaban J connectivity index is 0.000000224. The Hall–Kier alpha value is -2.80. The van der Waals surface area contributed by atoms with Crippen LogP contribution in [-0.2, 0) is 10.5 Å². The minimum absolute atomic E-state index is 0.137. The maximum Gasteiger partial charge on any atom is 0.278 e. The van der Waals surface area contributed by atoms with Crippen molar-refractivity contribution >= 4 is 29.5 Å². The number of non-ortho nitro benzene ring substituents is 1.